The summed E-state index contributed by atoms with van der Waals surface area (Å²) >= 11 is 0. The molecule has 0 heterocycles. The molecule has 0 nitrogen and oxygen atoms in total. The van der Waals surface area contributed by atoms with Gasteiger partial charge in [0.25, 0.3) is 0 Å². The quantitative estimate of drug-likeness (QED) is 0.541. The van der Waals surface area contributed by atoms with Crippen LogP contribution in [0, 0.1) is 0 Å². The van der Waals surface area contributed by atoms with Gasteiger partial charge in [-0.25, -0.2) is 0 Å². The molecule has 1 fully saturated rings. The van der Waals surface area contributed by atoms with Crippen LogP contribution in [0.25, 0.3) is 0 Å². The molecule has 69 valence electrons. The van der Waals surface area contributed by atoms with E-state index in [0.29, 0.717) is 0 Å². The molecule has 0 amide bonds. The summed E-state index contributed by atoms with van der Waals surface area (Å²) in [6.45, 7) is 4.61. The number of hydrogen-bond donors (Lipinski definition) is 0. The van der Waals surface area contributed by atoms with E-state index < -0.39 is 0 Å². The van der Waals surface area contributed by atoms with E-state index in [9.17, 15) is 0 Å². The van der Waals surface area contributed by atoms with Gasteiger partial charge < -0.3 is 0 Å². The highest BCUT2D eigenvalue weighted by molar-refractivity contribution is 6.39. The predicted molar refractivity (Wildman–Crippen MR) is 56.9 cm³/mol. The average Bonchev–Trinajstić information content (AvgIpc) is 1.93. The molecule has 0 aromatic heterocycles. The Morgan fingerprint density at radius 3 is 1.92 bits per heavy atom. The summed E-state index contributed by atoms with van der Waals surface area (Å²) in [5, 5.41) is 0. The summed E-state index contributed by atoms with van der Waals surface area (Å²) in [4.78, 5) is 0. The van der Waals surface area contributed by atoms with Crippen LogP contribution in [0.15, 0.2) is 0 Å². The monoisotopic (exact) mass is 165 g/mol. The molecule has 0 bridgehead atoms. The summed E-state index contributed by atoms with van der Waals surface area (Å²) in [5.74, 6) is 1.72. The second-order valence-electron chi connectivity index (χ2n) is 4.54. The smallest absolute Gasteiger partial charge is 0.0742 e. The van der Waals surface area contributed by atoms with Crippen molar-refractivity contribution in [1.29, 1.82) is 0 Å². The highest BCUT2D eigenvalue weighted by Gasteiger charge is 2.13. The minimum absolute atomic E-state index is 0.787. The van der Waals surface area contributed by atoms with Gasteiger partial charge in [0.1, 0.15) is 7.28 Å². The van der Waals surface area contributed by atoms with Gasteiger partial charge in [-0.2, -0.15) is 0 Å². The lowest BCUT2D eigenvalue weighted by Gasteiger charge is -2.20. The zero-order chi connectivity index (χ0) is 8.81. The van der Waals surface area contributed by atoms with E-state index >= 15 is 0 Å². The number of hydrogen-bond acceptors (Lipinski definition) is 0. The Morgan fingerprint density at radius 1 is 0.917 bits per heavy atom. The molecule has 1 rings (SSSR count). The van der Waals surface area contributed by atoms with Crippen molar-refractivity contribution >= 4 is 7.28 Å². The van der Waals surface area contributed by atoms with Crippen molar-refractivity contribution in [2.45, 2.75) is 70.4 Å². The van der Waals surface area contributed by atoms with E-state index in [1.165, 1.54) is 44.9 Å². The molecule has 0 aromatic carbocycles. The van der Waals surface area contributed by atoms with Gasteiger partial charge in [0, 0.05) is 0 Å². The highest BCUT2D eigenvalue weighted by Crippen LogP contribution is 2.28. The molecule has 12 heavy (non-hydrogen) atoms. The van der Waals surface area contributed by atoms with Gasteiger partial charge in [0.15, 0.2) is 0 Å². The van der Waals surface area contributed by atoms with E-state index in [1.807, 2.05) is 0 Å². The SMILES string of the molecule is CC(C)[B]C1CCCCCCC1. The first kappa shape index (κ1) is 10.1. The zero-order valence-electron chi connectivity index (χ0n) is 8.68. The summed E-state index contributed by atoms with van der Waals surface area (Å²) in [7, 11) is 2.56. The Morgan fingerprint density at radius 2 is 1.42 bits per heavy atom. The Labute approximate surface area is 78.4 Å². The van der Waals surface area contributed by atoms with Crippen LogP contribution in [-0.2, 0) is 0 Å². The summed E-state index contributed by atoms with van der Waals surface area (Å²) < 4.78 is 0. The molecule has 1 saturated carbocycles. The van der Waals surface area contributed by atoms with Crippen LogP contribution in [0.5, 0.6) is 0 Å². The molecule has 0 aliphatic heterocycles. The zero-order valence-corrected chi connectivity index (χ0v) is 8.68. The molecule has 0 unspecified atom stereocenters. The fraction of sp³-hybridized carbons (Fsp3) is 1.00. The fourth-order valence-electron chi connectivity index (χ4n) is 2.22. The van der Waals surface area contributed by atoms with Crippen molar-refractivity contribution in [3.05, 3.63) is 0 Å². The summed E-state index contributed by atoms with van der Waals surface area (Å²) in [6.07, 6.45) is 10.3. The first-order valence-corrected chi connectivity index (χ1v) is 5.64. The number of rotatable bonds is 2. The third-order valence-electron chi connectivity index (χ3n) is 2.81. The van der Waals surface area contributed by atoms with Crippen molar-refractivity contribution < 1.29 is 0 Å². The Balaban J connectivity index is 2.20. The van der Waals surface area contributed by atoms with Crippen LogP contribution in [0.2, 0.25) is 11.6 Å². The average molecular weight is 165 g/mol. The van der Waals surface area contributed by atoms with Gasteiger partial charge in [0.05, 0.1) is 0 Å². The third-order valence-corrected chi connectivity index (χ3v) is 2.81. The maximum absolute atomic E-state index is 2.56. The van der Waals surface area contributed by atoms with E-state index in [0.717, 1.165) is 11.6 Å². The van der Waals surface area contributed by atoms with Crippen LogP contribution in [0.3, 0.4) is 0 Å². The molecule has 1 aliphatic carbocycles. The first-order chi connectivity index (χ1) is 5.79. The molecular formula is C11H22B. The second kappa shape index (κ2) is 5.67. The van der Waals surface area contributed by atoms with Crippen molar-refractivity contribution in [3.63, 3.8) is 0 Å². The van der Waals surface area contributed by atoms with Crippen LogP contribution < -0.4 is 0 Å². The first-order valence-electron chi connectivity index (χ1n) is 5.64. The van der Waals surface area contributed by atoms with Gasteiger partial charge in [-0.15, -0.1) is 0 Å². The molecule has 0 spiro atoms. The van der Waals surface area contributed by atoms with Crippen LogP contribution >= 0.6 is 0 Å². The summed E-state index contributed by atoms with van der Waals surface area (Å²) in [6, 6.07) is 0. The van der Waals surface area contributed by atoms with Gasteiger partial charge in [-0.3, -0.25) is 0 Å². The molecular weight excluding hydrogens is 143 g/mol. The molecule has 1 heteroatoms. The molecule has 0 aromatic rings. The largest absolute Gasteiger partial charge is 0.117 e. The molecule has 1 aliphatic rings. The molecule has 1 radical (unpaired) electrons. The maximum Gasteiger partial charge on any atom is 0.117 e. The van der Waals surface area contributed by atoms with Crippen LogP contribution in [0.1, 0.15) is 58.8 Å². The molecule has 0 atom stereocenters. The van der Waals surface area contributed by atoms with Gasteiger partial charge >= 0.3 is 0 Å². The van der Waals surface area contributed by atoms with E-state index in [2.05, 4.69) is 21.1 Å². The summed E-state index contributed by atoms with van der Waals surface area (Å²) in [5.41, 5.74) is 0. The van der Waals surface area contributed by atoms with Crippen molar-refractivity contribution in [1.82, 2.24) is 0 Å². The Kier molecular flexibility index (Phi) is 4.79. The Hall–Kier alpha value is 0.0649. The fourth-order valence-corrected chi connectivity index (χ4v) is 2.22. The van der Waals surface area contributed by atoms with E-state index in [-0.39, 0.29) is 0 Å². The lowest BCUT2D eigenvalue weighted by atomic mass is 9.53. The Bertz CT molecular complexity index is 102. The molecule has 0 N–H and O–H groups in total. The minimum Gasteiger partial charge on any atom is -0.0742 e. The lowest BCUT2D eigenvalue weighted by Crippen LogP contribution is -2.08. The predicted octanol–water partition coefficient (Wildman–Crippen LogP) is 4.05. The maximum atomic E-state index is 2.56. The van der Waals surface area contributed by atoms with E-state index in [4.69, 9.17) is 0 Å². The minimum atomic E-state index is 0.787. The normalized spacial score (nSPS) is 21.9. The van der Waals surface area contributed by atoms with Crippen molar-refractivity contribution in [2.24, 2.45) is 0 Å². The second-order valence-corrected chi connectivity index (χ2v) is 4.54. The van der Waals surface area contributed by atoms with Gasteiger partial charge in [-0.1, -0.05) is 70.4 Å². The van der Waals surface area contributed by atoms with Crippen molar-refractivity contribution in [3.8, 4) is 0 Å². The standard InChI is InChI=1S/C11H22B/c1-10(2)12-11-8-6-4-3-5-7-9-11/h10-11H,3-9H2,1-2H3. The van der Waals surface area contributed by atoms with E-state index in [1.54, 1.807) is 0 Å². The van der Waals surface area contributed by atoms with Crippen LogP contribution in [-0.4, -0.2) is 7.28 Å². The van der Waals surface area contributed by atoms with Gasteiger partial charge in [-0.05, 0) is 0 Å². The lowest BCUT2D eigenvalue weighted by molar-refractivity contribution is 0.499. The van der Waals surface area contributed by atoms with Crippen molar-refractivity contribution in [2.75, 3.05) is 0 Å². The highest BCUT2D eigenvalue weighted by atomic mass is 14.1. The topological polar surface area (TPSA) is 0 Å². The van der Waals surface area contributed by atoms with Gasteiger partial charge in [0.2, 0.25) is 0 Å². The van der Waals surface area contributed by atoms with Crippen LogP contribution in [0.4, 0.5) is 0 Å². The third kappa shape index (κ3) is 4.18. The molecule has 0 saturated heterocycles.